The highest BCUT2D eigenvalue weighted by Gasteiger charge is 2.19. The van der Waals surface area contributed by atoms with Crippen LogP contribution >= 0.6 is 0 Å². The predicted molar refractivity (Wildman–Crippen MR) is 235 cm³/mol. The van der Waals surface area contributed by atoms with Crippen LogP contribution in [0.4, 0.5) is 0 Å². The Bertz CT molecular complexity index is 3270. The van der Waals surface area contributed by atoms with Gasteiger partial charge in [0.05, 0.1) is 0 Å². The normalized spacial score (nSPS) is 11.5. The van der Waals surface area contributed by atoms with Crippen molar-refractivity contribution in [3.63, 3.8) is 0 Å². The lowest BCUT2D eigenvalue weighted by atomic mass is 9.94. The number of hydrogen-bond acceptors (Lipinski definition) is 4. The van der Waals surface area contributed by atoms with E-state index in [1.165, 1.54) is 32.7 Å². The van der Waals surface area contributed by atoms with Gasteiger partial charge in [-0.3, -0.25) is 0 Å². The van der Waals surface area contributed by atoms with Gasteiger partial charge < -0.3 is 4.42 Å². The zero-order valence-electron chi connectivity index (χ0n) is 30.8. The van der Waals surface area contributed by atoms with Crippen molar-refractivity contribution in [3.8, 4) is 67.5 Å². The first-order valence-electron chi connectivity index (χ1n) is 19.2. The van der Waals surface area contributed by atoms with Gasteiger partial charge in [0.1, 0.15) is 11.2 Å². The van der Waals surface area contributed by atoms with E-state index in [1.807, 2.05) is 42.5 Å². The molecule has 0 saturated carbocycles. The van der Waals surface area contributed by atoms with Crippen molar-refractivity contribution in [2.24, 2.45) is 0 Å². The molecule has 0 amide bonds. The molecule has 0 bridgehead atoms. The molecule has 0 spiro atoms. The summed E-state index contributed by atoms with van der Waals surface area (Å²) in [4.78, 5) is 15.4. The molecule has 0 fully saturated rings. The highest BCUT2D eigenvalue weighted by Crippen LogP contribution is 2.40. The summed E-state index contributed by atoms with van der Waals surface area (Å²) < 4.78 is 6.61. The second kappa shape index (κ2) is 13.6. The third-order valence-corrected chi connectivity index (χ3v) is 10.9. The van der Waals surface area contributed by atoms with Crippen LogP contribution in [0.5, 0.6) is 0 Å². The van der Waals surface area contributed by atoms with Crippen LogP contribution in [0.1, 0.15) is 0 Å². The fourth-order valence-corrected chi connectivity index (χ4v) is 8.01. The molecule has 0 saturated heterocycles. The fourth-order valence-electron chi connectivity index (χ4n) is 8.01. The van der Waals surface area contributed by atoms with Gasteiger partial charge >= 0.3 is 0 Å². The average Bonchev–Trinajstić information content (AvgIpc) is 3.67. The van der Waals surface area contributed by atoms with Gasteiger partial charge in [0.25, 0.3) is 0 Å². The molecule has 4 heteroatoms. The second-order valence-corrected chi connectivity index (χ2v) is 14.4. The number of hydrogen-bond donors (Lipinski definition) is 0. The maximum absolute atomic E-state index is 6.61. The van der Waals surface area contributed by atoms with Crippen LogP contribution in [-0.4, -0.2) is 15.0 Å². The number of rotatable bonds is 6. The molecule has 0 unspecified atom stereocenters. The predicted octanol–water partition coefficient (Wildman–Crippen LogP) is 14.1. The molecule has 266 valence electrons. The van der Waals surface area contributed by atoms with E-state index in [2.05, 4.69) is 158 Å². The van der Waals surface area contributed by atoms with Crippen LogP contribution in [0.15, 0.2) is 205 Å². The standard InChI is InChI=1S/C53H33N3O/c1-2-13-39(14-3-1)51-54-52(40-28-21-35(22-29-40)42-30-23-34-11-4-5-15-41(34)31-42)56-53(55-51)43-32-47(50-48(33-43)46-18-8-9-20-49(46)57-50)38-26-24-37(25-27-38)45-19-10-16-36-12-6-7-17-44(36)45/h1-33H. The number of nitrogens with zero attached hydrogens (tertiary/aromatic N) is 3. The second-order valence-electron chi connectivity index (χ2n) is 14.4. The van der Waals surface area contributed by atoms with E-state index in [0.717, 1.165) is 60.9 Å². The summed E-state index contributed by atoms with van der Waals surface area (Å²) in [7, 11) is 0. The van der Waals surface area contributed by atoms with Crippen LogP contribution in [0.2, 0.25) is 0 Å². The van der Waals surface area contributed by atoms with Crippen LogP contribution in [0.3, 0.4) is 0 Å². The number of aromatic nitrogens is 3. The maximum Gasteiger partial charge on any atom is 0.164 e. The Labute approximate surface area is 329 Å². The molecule has 0 aliphatic rings. The summed E-state index contributed by atoms with van der Waals surface area (Å²) in [6.07, 6.45) is 0. The first-order valence-corrected chi connectivity index (χ1v) is 19.2. The Morgan fingerprint density at radius 3 is 1.60 bits per heavy atom. The molecule has 57 heavy (non-hydrogen) atoms. The Hall–Kier alpha value is -7.69. The lowest BCUT2D eigenvalue weighted by Crippen LogP contribution is -2.00. The van der Waals surface area contributed by atoms with E-state index in [-0.39, 0.29) is 0 Å². The van der Waals surface area contributed by atoms with Gasteiger partial charge in [-0.2, -0.15) is 0 Å². The largest absolute Gasteiger partial charge is 0.455 e. The van der Waals surface area contributed by atoms with Gasteiger partial charge in [-0.15, -0.1) is 0 Å². The van der Waals surface area contributed by atoms with Crippen LogP contribution in [0, 0.1) is 0 Å². The van der Waals surface area contributed by atoms with Crippen LogP contribution in [-0.2, 0) is 0 Å². The Balaban J connectivity index is 1.05. The SMILES string of the molecule is c1ccc(-c2nc(-c3ccc(-c4ccc5ccccc5c4)cc3)nc(-c3cc(-c4ccc(-c5cccc6ccccc56)cc4)c4oc5ccccc5c4c3)n2)cc1. The number of para-hydroxylation sites is 1. The molecule has 2 aromatic heterocycles. The van der Waals surface area contributed by atoms with Gasteiger partial charge in [0, 0.05) is 33.0 Å². The van der Waals surface area contributed by atoms with E-state index in [0.29, 0.717) is 17.5 Å². The third-order valence-electron chi connectivity index (χ3n) is 10.9. The number of fused-ring (bicyclic) bond motifs is 5. The van der Waals surface area contributed by atoms with Crippen molar-refractivity contribution in [2.75, 3.05) is 0 Å². The molecule has 0 aliphatic heterocycles. The van der Waals surface area contributed by atoms with Crippen LogP contribution < -0.4 is 0 Å². The fraction of sp³-hybridized carbons (Fsp3) is 0. The summed E-state index contributed by atoms with van der Waals surface area (Å²) in [5.74, 6) is 1.83. The molecule has 0 N–H and O–H groups in total. The molecular weight excluding hydrogens is 695 g/mol. The summed E-state index contributed by atoms with van der Waals surface area (Å²) in [5, 5.41) is 6.97. The first-order chi connectivity index (χ1) is 28.2. The minimum absolute atomic E-state index is 0.596. The Morgan fingerprint density at radius 2 is 0.825 bits per heavy atom. The highest BCUT2D eigenvalue weighted by atomic mass is 16.3. The number of furan rings is 1. The molecule has 9 aromatic carbocycles. The summed E-state index contributed by atoms with van der Waals surface area (Å²) in [6, 6.07) is 70.0. The van der Waals surface area contributed by atoms with Gasteiger partial charge in [-0.1, -0.05) is 176 Å². The zero-order chi connectivity index (χ0) is 37.7. The average molecular weight is 728 g/mol. The maximum atomic E-state index is 6.61. The van der Waals surface area contributed by atoms with Crippen molar-refractivity contribution in [1.82, 2.24) is 15.0 Å². The van der Waals surface area contributed by atoms with Crippen molar-refractivity contribution < 1.29 is 4.42 Å². The highest BCUT2D eigenvalue weighted by molar-refractivity contribution is 6.11. The number of benzene rings is 9. The lowest BCUT2D eigenvalue weighted by Gasteiger charge is -2.12. The molecule has 11 rings (SSSR count). The molecule has 11 aromatic rings. The molecule has 0 atom stereocenters. The molecule has 2 heterocycles. The third kappa shape index (κ3) is 5.92. The molecular formula is C53H33N3O. The quantitative estimate of drug-likeness (QED) is 0.171. The van der Waals surface area contributed by atoms with E-state index in [4.69, 9.17) is 19.4 Å². The minimum Gasteiger partial charge on any atom is -0.455 e. The molecule has 4 nitrogen and oxygen atoms in total. The van der Waals surface area contributed by atoms with Gasteiger partial charge in [0.2, 0.25) is 0 Å². The van der Waals surface area contributed by atoms with Gasteiger partial charge in [-0.25, -0.2) is 15.0 Å². The lowest BCUT2D eigenvalue weighted by molar-refractivity contribution is 0.670. The van der Waals surface area contributed by atoms with Crippen molar-refractivity contribution in [2.45, 2.75) is 0 Å². The zero-order valence-corrected chi connectivity index (χ0v) is 30.8. The molecule has 0 aliphatic carbocycles. The topological polar surface area (TPSA) is 51.8 Å². The van der Waals surface area contributed by atoms with Gasteiger partial charge in [-0.05, 0) is 73.6 Å². The Kier molecular flexibility index (Phi) is 7.78. The van der Waals surface area contributed by atoms with E-state index >= 15 is 0 Å². The smallest absolute Gasteiger partial charge is 0.164 e. The van der Waals surface area contributed by atoms with Crippen molar-refractivity contribution in [3.05, 3.63) is 200 Å². The Morgan fingerprint density at radius 1 is 0.281 bits per heavy atom. The summed E-state index contributed by atoms with van der Waals surface area (Å²) in [6.45, 7) is 0. The van der Waals surface area contributed by atoms with Gasteiger partial charge in [0.15, 0.2) is 17.5 Å². The van der Waals surface area contributed by atoms with E-state index in [1.54, 1.807) is 0 Å². The first kappa shape index (κ1) is 32.7. The minimum atomic E-state index is 0.596. The molecule has 0 radical (unpaired) electrons. The van der Waals surface area contributed by atoms with Crippen molar-refractivity contribution in [1.29, 1.82) is 0 Å². The monoisotopic (exact) mass is 727 g/mol. The summed E-state index contributed by atoms with van der Waals surface area (Å²) >= 11 is 0. The van der Waals surface area contributed by atoms with Crippen LogP contribution in [0.25, 0.3) is 111 Å². The summed E-state index contributed by atoms with van der Waals surface area (Å²) in [5.41, 5.74) is 11.1. The van der Waals surface area contributed by atoms with Crippen molar-refractivity contribution >= 4 is 43.5 Å². The van der Waals surface area contributed by atoms with E-state index < -0.39 is 0 Å². The van der Waals surface area contributed by atoms with E-state index in [9.17, 15) is 0 Å².